The molecular formula is C12H15N3O2. The van der Waals surface area contributed by atoms with Gasteiger partial charge < -0.3 is 4.74 Å². The summed E-state index contributed by atoms with van der Waals surface area (Å²) in [5, 5.41) is 1.67. The highest BCUT2D eigenvalue weighted by Crippen LogP contribution is 2.10. The first-order chi connectivity index (χ1) is 7.96. The summed E-state index contributed by atoms with van der Waals surface area (Å²) >= 11 is 0. The lowest BCUT2D eigenvalue weighted by Crippen LogP contribution is -2.42. The predicted molar refractivity (Wildman–Crippen MR) is 63.2 cm³/mol. The molecule has 5 nitrogen and oxygen atoms in total. The van der Waals surface area contributed by atoms with Gasteiger partial charge in [-0.1, -0.05) is 6.08 Å². The average Bonchev–Trinajstić information content (AvgIpc) is 2.26. The Morgan fingerprint density at radius 1 is 1.47 bits per heavy atom. The Morgan fingerprint density at radius 3 is 2.94 bits per heavy atom. The van der Waals surface area contributed by atoms with E-state index in [1.54, 1.807) is 12.4 Å². The van der Waals surface area contributed by atoms with Gasteiger partial charge in [0, 0.05) is 24.2 Å². The predicted octanol–water partition coefficient (Wildman–Crippen LogP) is 0.246. The quantitative estimate of drug-likeness (QED) is 0.644. The van der Waals surface area contributed by atoms with E-state index in [2.05, 4.69) is 9.97 Å². The van der Waals surface area contributed by atoms with Crippen molar-refractivity contribution in [1.82, 2.24) is 14.9 Å². The Kier molecular flexibility index (Phi) is 2.83. The molecule has 17 heavy (non-hydrogen) atoms. The van der Waals surface area contributed by atoms with Crippen LogP contribution in [0.2, 0.25) is 0 Å². The highest BCUT2D eigenvalue weighted by atomic mass is 16.6. The second-order valence-electron chi connectivity index (χ2n) is 4.83. The van der Waals surface area contributed by atoms with Gasteiger partial charge in [-0.2, -0.15) is 0 Å². The minimum absolute atomic E-state index is 0.363. The van der Waals surface area contributed by atoms with Gasteiger partial charge in [-0.15, -0.1) is 0 Å². The molecule has 1 aliphatic rings. The van der Waals surface area contributed by atoms with Crippen molar-refractivity contribution >= 4 is 18.4 Å². The number of nitrogens with zero attached hydrogens (tertiary/aromatic N) is 3. The van der Waals surface area contributed by atoms with Gasteiger partial charge in [-0.25, -0.2) is 14.8 Å². The maximum Gasteiger partial charge on any atom is 0.414 e. The molecule has 1 aromatic heterocycles. The fourth-order valence-electron chi connectivity index (χ4n) is 1.46. The van der Waals surface area contributed by atoms with E-state index in [0.29, 0.717) is 6.54 Å². The minimum Gasteiger partial charge on any atom is -0.443 e. The topological polar surface area (TPSA) is 55.3 Å². The van der Waals surface area contributed by atoms with Crippen LogP contribution >= 0.6 is 0 Å². The molecule has 1 aliphatic heterocycles. The number of carbonyl (C=O) groups is 1. The van der Waals surface area contributed by atoms with Crippen LogP contribution < -0.4 is 10.6 Å². The number of carbonyl (C=O) groups excluding carboxylic acids is 1. The molecule has 0 N–H and O–H groups in total. The average molecular weight is 233 g/mol. The van der Waals surface area contributed by atoms with Crippen LogP contribution in [-0.2, 0) is 4.74 Å². The second-order valence-corrected chi connectivity index (χ2v) is 4.83. The molecule has 0 fully saturated rings. The Labute approximate surface area is 99.4 Å². The van der Waals surface area contributed by atoms with Gasteiger partial charge in [-0.05, 0) is 20.8 Å². The summed E-state index contributed by atoms with van der Waals surface area (Å²) in [6, 6.07) is 0. The maximum atomic E-state index is 11.8. The van der Waals surface area contributed by atoms with E-state index in [4.69, 9.17) is 4.74 Å². The Morgan fingerprint density at radius 2 is 2.24 bits per heavy atom. The first-order valence-electron chi connectivity index (χ1n) is 5.43. The molecule has 0 aliphatic carbocycles. The molecule has 1 amide bonds. The van der Waals surface area contributed by atoms with Gasteiger partial charge in [0.2, 0.25) is 0 Å². The Balaban J connectivity index is 2.23. The van der Waals surface area contributed by atoms with E-state index < -0.39 is 5.60 Å². The number of fused-ring (bicyclic) bond motifs is 1. The van der Waals surface area contributed by atoms with Gasteiger partial charge in [0.25, 0.3) is 0 Å². The number of amides is 1. The Bertz CT molecular complexity index is 546. The molecule has 0 bridgehead atoms. The van der Waals surface area contributed by atoms with E-state index in [1.165, 1.54) is 11.2 Å². The van der Waals surface area contributed by atoms with Gasteiger partial charge >= 0.3 is 6.09 Å². The van der Waals surface area contributed by atoms with E-state index in [9.17, 15) is 4.79 Å². The summed E-state index contributed by atoms with van der Waals surface area (Å²) in [6.45, 7) is 6.01. The van der Waals surface area contributed by atoms with Gasteiger partial charge in [-0.3, -0.25) is 4.90 Å². The lowest BCUT2D eigenvalue weighted by molar-refractivity contribution is 0.0379. The second kappa shape index (κ2) is 4.16. The zero-order valence-corrected chi connectivity index (χ0v) is 10.2. The molecular weight excluding hydrogens is 218 g/mol. The number of aromatic nitrogens is 2. The molecule has 0 saturated carbocycles. The largest absolute Gasteiger partial charge is 0.443 e. The molecule has 0 atom stereocenters. The van der Waals surface area contributed by atoms with E-state index in [-0.39, 0.29) is 6.09 Å². The smallest absolute Gasteiger partial charge is 0.414 e. The van der Waals surface area contributed by atoms with Crippen LogP contribution in [0.25, 0.3) is 12.3 Å². The molecule has 5 heteroatoms. The number of rotatable bonds is 0. The molecule has 2 heterocycles. The van der Waals surface area contributed by atoms with E-state index in [0.717, 1.165) is 10.6 Å². The highest BCUT2D eigenvalue weighted by Gasteiger charge is 2.21. The highest BCUT2D eigenvalue weighted by molar-refractivity contribution is 5.74. The molecule has 0 spiro atoms. The van der Waals surface area contributed by atoms with Crippen molar-refractivity contribution < 1.29 is 9.53 Å². The molecule has 90 valence electrons. The first kappa shape index (κ1) is 11.6. The normalized spacial score (nSPS) is 14.4. The first-order valence-corrected chi connectivity index (χ1v) is 5.43. The van der Waals surface area contributed by atoms with Crippen LogP contribution in [0.4, 0.5) is 4.79 Å². The summed E-state index contributed by atoms with van der Waals surface area (Å²) in [6.07, 6.45) is 6.41. The Hall–Kier alpha value is -1.91. The third kappa shape index (κ3) is 2.81. The van der Waals surface area contributed by atoms with E-state index >= 15 is 0 Å². The monoisotopic (exact) mass is 233 g/mol. The zero-order chi connectivity index (χ0) is 12.5. The van der Waals surface area contributed by atoms with Crippen LogP contribution in [0.5, 0.6) is 0 Å². The van der Waals surface area contributed by atoms with Gasteiger partial charge in [0.15, 0.2) is 0 Å². The van der Waals surface area contributed by atoms with Crippen molar-refractivity contribution in [3.05, 3.63) is 23.1 Å². The van der Waals surface area contributed by atoms with Crippen LogP contribution in [0.3, 0.4) is 0 Å². The molecule has 0 unspecified atom stereocenters. The molecule has 1 aromatic rings. The summed E-state index contributed by atoms with van der Waals surface area (Å²) in [7, 11) is 0. The number of ether oxygens (including phenoxy) is 1. The maximum absolute atomic E-state index is 11.8. The third-order valence-electron chi connectivity index (χ3n) is 2.19. The van der Waals surface area contributed by atoms with Crippen molar-refractivity contribution in [1.29, 1.82) is 0 Å². The molecule has 0 aromatic carbocycles. The fraction of sp³-hybridized carbons (Fsp3) is 0.417. The lowest BCUT2D eigenvalue weighted by Gasteiger charge is -2.25. The van der Waals surface area contributed by atoms with Crippen LogP contribution in [0.1, 0.15) is 20.8 Å². The number of hydrogen-bond acceptors (Lipinski definition) is 4. The standard InChI is InChI=1S/C12H15N3O2/c1-12(2,3)17-11(16)15-5-4-9-6-13-8-14-10(9)7-15/h4,6-8H,5H2,1-3H3. The lowest BCUT2D eigenvalue weighted by atomic mass is 10.2. The van der Waals surface area contributed by atoms with Crippen molar-refractivity contribution in [3.63, 3.8) is 0 Å². The van der Waals surface area contributed by atoms with E-state index in [1.807, 2.05) is 26.8 Å². The van der Waals surface area contributed by atoms with Crippen molar-refractivity contribution in [2.75, 3.05) is 6.54 Å². The molecule has 2 rings (SSSR count). The summed E-state index contributed by atoms with van der Waals surface area (Å²) in [5.41, 5.74) is -0.489. The third-order valence-corrected chi connectivity index (χ3v) is 2.19. The molecule has 0 radical (unpaired) electrons. The fourth-order valence-corrected chi connectivity index (χ4v) is 1.46. The van der Waals surface area contributed by atoms with Crippen molar-refractivity contribution in [2.45, 2.75) is 26.4 Å². The van der Waals surface area contributed by atoms with Gasteiger partial charge in [0.05, 0.1) is 5.35 Å². The van der Waals surface area contributed by atoms with Crippen molar-refractivity contribution in [3.8, 4) is 0 Å². The SMILES string of the molecule is CC(C)(C)OC(=O)N1C=c2ncncc2=CC1. The summed E-state index contributed by atoms with van der Waals surface area (Å²) in [5.74, 6) is 0. The van der Waals surface area contributed by atoms with Gasteiger partial charge in [0.1, 0.15) is 11.9 Å². The number of hydrogen-bond donors (Lipinski definition) is 0. The van der Waals surface area contributed by atoms with Crippen LogP contribution in [0.15, 0.2) is 12.5 Å². The minimum atomic E-state index is -0.489. The summed E-state index contributed by atoms with van der Waals surface area (Å²) < 4.78 is 5.28. The van der Waals surface area contributed by atoms with Crippen LogP contribution in [-0.4, -0.2) is 33.1 Å². The molecule has 0 saturated heterocycles. The zero-order valence-electron chi connectivity index (χ0n) is 10.2. The summed E-state index contributed by atoms with van der Waals surface area (Å²) in [4.78, 5) is 21.4. The van der Waals surface area contributed by atoms with Crippen LogP contribution in [0, 0.1) is 0 Å². The van der Waals surface area contributed by atoms with Crippen molar-refractivity contribution in [2.24, 2.45) is 0 Å².